The monoisotopic (exact) mass is 347 g/mol. The normalized spacial score (nSPS) is 16.5. The fraction of sp³-hybridized carbons (Fsp3) is 0.375. The highest BCUT2D eigenvalue weighted by molar-refractivity contribution is 7.11. The molecule has 0 saturated carbocycles. The molecule has 1 atom stereocenters. The predicted molar refractivity (Wildman–Crippen MR) is 89.4 cm³/mol. The number of phenolic OH excluding ortho intramolecular Hbond substituents is 1. The summed E-state index contributed by atoms with van der Waals surface area (Å²) < 4.78 is 0. The van der Waals surface area contributed by atoms with Crippen LogP contribution in [-0.2, 0) is 6.42 Å². The summed E-state index contributed by atoms with van der Waals surface area (Å²) in [7, 11) is 1.72. The van der Waals surface area contributed by atoms with Crippen LogP contribution in [0.25, 0.3) is 0 Å². The molecule has 7 nitrogen and oxygen atoms in total. The molecule has 2 aromatic rings. The van der Waals surface area contributed by atoms with Gasteiger partial charge in [-0.3, -0.25) is 14.9 Å². The Balaban J connectivity index is 1.88. The van der Waals surface area contributed by atoms with Crippen LogP contribution in [0.5, 0.6) is 5.75 Å². The molecule has 1 heterocycles. The zero-order valence-corrected chi connectivity index (χ0v) is 14.2. The lowest BCUT2D eigenvalue weighted by Crippen LogP contribution is -2.32. The van der Waals surface area contributed by atoms with Crippen molar-refractivity contribution in [1.29, 1.82) is 0 Å². The lowest BCUT2D eigenvalue weighted by Gasteiger charge is -2.30. The molecule has 0 bridgehead atoms. The van der Waals surface area contributed by atoms with Gasteiger partial charge in [-0.05, 0) is 38.3 Å². The number of aromatic hydroxyl groups is 1. The highest BCUT2D eigenvalue weighted by Gasteiger charge is 2.30. The van der Waals surface area contributed by atoms with Gasteiger partial charge >= 0.3 is 5.69 Å². The van der Waals surface area contributed by atoms with E-state index in [1.54, 1.807) is 23.3 Å². The third kappa shape index (κ3) is 2.84. The van der Waals surface area contributed by atoms with Crippen LogP contribution in [0, 0.1) is 17.0 Å². The summed E-state index contributed by atoms with van der Waals surface area (Å²) in [6, 6.07) is 3.63. The maximum absolute atomic E-state index is 12.7. The quantitative estimate of drug-likeness (QED) is 0.679. The molecule has 24 heavy (non-hydrogen) atoms. The number of fused-ring (bicyclic) bond motifs is 1. The Morgan fingerprint density at radius 1 is 1.50 bits per heavy atom. The Bertz CT molecular complexity index is 818. The van der Waals surface area contributed by atoms with E-state index >= 15 is 0 Å². The number of benzene rings is 1. The largest absolute Gasteiger partial charge is 0.502 e. The molecule has 0 unspecified atom stereocenters. The topological polar surface area (TPSA) is 96.6 Å². The van der Waals surface area contributed by atoms with E-state index in [0.717, 1.165) is 47.0 Å². The molecule has 8 heteroatoms. The number of nitro benzene ring substituents is 1. The lowest BCUT2D eigenvalue weighted by molar-refractivity contribution is -0.385. The molecule has 1 aromatic carbocycles. The number of hydrogen-bond acceptors (Lipinski definition) is 6. The number of amides is 1. The van der Waals surface area contributed by atoms with Crippen molar-refractivity contribution in [2.75, 3.05) is 7.05 Å². The van der Waals surface area contributed by atoms with Crippen LogP contribution in [0.4, 0.5) is 5.69 Å². The van der Waals surface area contributed by atoms with Crippen molar-refractivity contribution in [3.8, 4) is 5.75 Å². The first kappa shape index (κ1) is 16.4. The zero-order valence-electron chi connectivity index (χ0n) is 13.4. The molecular weight excluding hydrogens is 330 g/mol. The number of hydrogen-bond donors (Lipinski definition) is 1. The zero-order chi connectivity index (χ0) is 17.4. The van der Waals surface area contributed by atoms with Crippen molar-refractivity contribution in [3.05, 3.63) is 49.5 Å². The molecule has 1 aliphatic rings. The Morgan fingerprint density at radius 2 is 2.25 bits per heavy atom. The minimum absolute atomic E-state index is 0.0511. The summed E-state index contributed by atoms with van der Waals surface area (Å²) in [5, 5.41) is 21.5. The minimum Gasteiger partial charge on any atom is -0.502 e. The minimum atomic E-state index is -0.680. The number of thiazole rings is 1. The average molecular weight is 347 g/mol. The number of aryl methyl sites for hydroxylation is 2. The van der Waals surface area contributed by atoms with Gasteiger partial charge in [-0.1, -0.05) is 0 Å². The van der Waals surface area contributed by atoms with Crippen LogP contribution >= 0.6 is 11.3 Å². The predicted octanol–water partition coefficient (Wildman–Crippen LogP) is 3.21. The second-order valence-corrected chi connectivity index (χ2v) is 7.06. The van der Waals surface area contributed by atoms with Gasteiger partial charge in [-0.15, -0.1) is 11.3 Å². The van der Waals surface area contributed by atoms with Crippen molar-refractivity contribution in [1.82, 2.24) is 9.88 Å². The number of nitrogens with zero attached hydrogens (tertiary/aromatic N) is 3. The van der Waals surface area contributed by atoms with E-state index < -0.39 is 16.4 Å². The number of phenols is 1. The second kappa shape index (κ2) is 6.20. The summed E-state index contributed by atoms with van der Waals surface area (Å²) in [6.07, 6.45) is 2.75. The van der Waals surface area contributed by atoms with E-state index in [1.165, 1.54) is 6.07 Å². The van der Waals surface area contributed by atoms with Crippen molar-refractivity contribution < 1.29 is 14.8 Å². The Hall–Kier alpha value is -2.48. The molecule has 0 radical (unpaired) electrons. The van der Waals surface area contributed by atoms with Gasteiger partial charge in [0.2, 0.25) is 0 Å². The molecule has 1 aliphatic carbocycles. The molecule has 0 aliphatic heterocycles. The van der Waals surface area contributed by atoms with E-state index in [-0.39, 0.29) is 17.5 Å². The number of aromatic nitrogens is 1. The van der Waals surface area contributed by atoms with E-state index in [1.807, 2.05) is 6.92 Å². The molecule has 1 aromatic heterocycles. The number of rotatable bonds is 3. The van der Waals surface area contributed by atoms with Crippen LogP contribution < -0.4 is 0 Å². The third-order valence-corrected chi connectivity index (χ3v) is 5.35. The first-order valence-electron chi connectivity index (χ1n) is 7.59. The van der Waals surface area contributed by atoms with Crippen molar-refractivity contribution in [2.45, 2.75) is 32.2 Å². The SMILES string of the molecule is Cc1nc2c(s1)[C@H](N(C)C(=O)c1ccc([N+](=O)[O-])c(O)c1)CCC2. The molecule has 1 N–H and O–H groups in total. The van der Waals surface area contributed by atoms with Gasteiger partial charge in [-0.2, -0.15) is 0 Å². The summed E-state index contributed by atoms with van der Waals surface area (Å²) in [6.45, 7) is 1.95. The molecule has 0 saturated heterocycles. The summed E-state index contributed by atoms with van der Waals surface area (Å²) in [5.41, 5.74) is 0.876. The molecule has 0 spiro atoms. The Kier molecular flexibility index (Phi) is 4.23. The smallest absolute Gasteiger partial charge is 0.310 e. The standard InChI is InChI=1S/C16H17N3O4S/c1-9-17-11-4-3-5-13(15(11)24-9)18(2)16(21)10-6-7-12(19(22)23)14(20)8-10/h6-8,13,20H,3-5H2,1-2H3/t13-/m1/s1. The first-order valence-corrected chi connectivity index (χ1v) is 8.41. The summed E-state index contributed by atoms with van der Waals surface area (Å²) in [5.74, 6) is -0.777. The number of nitro groups is 1. The highest BCUT2D eigenvalue weighted by atomic mass is 32.1. The lowest BCUT2D eigenvalue weighted by atomic mass is 9.96. The van der Waals surface area contributed by atoms with Gasteiger partial charge in [0.15, 0.2) is 5.75 Å². The number of carbonyl (C=O) groups excluding carboxylic acids is 1. The van der Waals surface area contributed by atoms with Gasteiger partial charge in [0.05, 0.1) is 26.5 Å². The van der Waals surface area contributed by atoms with E-state index in [0.29, 0.717) is 0 Å². The molecular formula is C16H17N3O4S. The fourth-order valence-electron chi connectivity index (χ4n) is 3.04. The van der Waals surface area contributed by atoms with Crippen molar-refractivity contribution in [2.24, 2.45) is 0 Å². The first-order chi connectivity index (χ1) is 11.4. The average Bonchev–Trinajstić information content (AvgIpc) is 2.93. The maximum Gasteiger partial charge on any atom is 0.310 e. The van der Waals surface area contributed by atoms with Crippen LogP contribution in [-0.4, -0.2) is 32.9 Å². The summed E-state index contributed by atoms with van der Waals surface area (Å²) in [4.78, 5) is 30.1. The molecule has 126 valence electrons. The maximum atomic E-state index is 12.7. The van der Waals surface area contributed by atoms with E-state index in [4.69, 9.17) is 0 Å². The van der Waals surface area contributed by atoms with Crippen LogP contribution in [0.2, 0.25) is 0 Å². The van der Waals surface area contributed by atoms with Crippen molar-refractivity contribution >= 4 is 22.9 Å². The van der Waals surface area contributed by atoms with Gasteiger partial charge in [0.25, 0.3) is 5.91 Å². The molecule has 1 amide bonds. The number of carbonyl (C=O) groups is 1. The van der Waals surface area contributed by atoms with E-state index in [9.17, 15) is 20.0 Å². The second-order valence-electron chi connectivity index (χ2n) is 5.83. The highest BCUT2D eigenvalue weighted by Crippen LogP contribution is 2.38. The third-order valence-electron chi connectivity index (χ3n) is 4.24. The fourth-order valence-corrected chi connectivity index (χ4v) is 4.20. The molecule has 3 rings (SSSR count). The van der Waals surface area contributed by atoms with Crippen LogP contribution in [0.15, 0.2) is 18.2 Å². The van der Waals surface area contributed by atoms with Gasteiger partial charge in [0, 0.05) is 18.7 Å². The van der Waals surface area contributed by atoms with Crippen LogP contribution in [0.1, 0.15) is 44.8 Å². The summed E-state index contributed by atoms with van der Waals surface area (Å²) >= 11 is 1.61. The van der Waals surface area contributed by atoms with Gasteiger partial charge in [-0.25, -0.2) is 4.98 Å². The Labute approximate surface area is 142 Å². The van der Waals surface area contributed by atoms with Gasteiger partial charge in [0.1, 0.15) is 0 Å². The van der Waals surface area contributed by atoms with Crippen molar-refractivity contribution in [3.63, 3.8) is 0 Å². The van der Waals surface area contributed by atoms with Gasteiger partial charge < -0.3 is 10.0 Å². The Morgan fingerprint density at radius 3 is 2.92 bits per heavy atom. The molecule has 0 fully saturated rings. The van der Waals surface area contributed by atoms with E-state index in [2.05, 4.69) is 4.98 Å². The van der Waals surface area contributed by atoms with Crippen LogP contribution in [0.3, 0.4) is 0 Å².